The number of benzene rings is 1. The highest BCUT2D eigenvalue weighted by atomic mass is 16.4. The topological polar surface area (TPSA) is 92.4 Å². The maximum absolute atomic E-state index is 11.8. The summed E-state index contributed by atoms with van der Waals surface area (Å²) in [5, 5.41) is 11.8. The Morgan fingerprint density at radius 3 is 2.67 bits per heavy atom. The first-order chi connectivity index (χ1) is 8.47. The number of aromatic carboxylic acids is 1. The van der Waals surface area contributed by atoms with E-state index in [0.29, 0.717) is 24.2 Å². The van der Waals surface area contributed by atoms with E-state index in [9.17, 15) is 9.59 Å². The second-order valence-electron chi connectivity index (χ2n) is 4.27. The van der Waals surface area contributed by atoms with E-state index in [1.807, 2.05) is 0 Å². The summed E-state index contributed by atoms with van der Waals surface area (Å²) in [7, 11) is 0. The van der Waals surface area contributed by atoms with Gasteiger partial charge in [0.05, 0.1) is 11.3 Å². The minimum atomic E-state index is -1.05. The van der Waals surface area contributed by atoms with Gasteiger partial charge in [0.25, 0.3) is 0 Å². The number of nitrogens with two attached hydrogens (primary N) is 1. The number of rotatable bonds is 5. The van der Waals surface area contributed by atoms with Crippen molar-refractivity contribution < 1.29 is 14.7 Å². The molecule has 0 spiro atoms. The highest BCUT2D eigenvalue weighted by Crippen LogP contribution is 2.20. The second kappa shape index (κ2) is 6.16. The van der Waals surface area contributed by atoms with Crippen molar-refractivity contribution in [3.05, 3.63) is 29.3 Å². The number of aryl methyl sites for hydroxylation is 1. The molecule has 1 aromatic rings. The van der Waals surface area contributed by atoms with Gasteiger partial charge in [0, 0.05) is 5.92 Å². The van der Waals surface area contributed by atoms with E-state index in [2.05, 4.69) is 5.32 Å². The Morgan fingerprint density at radius 2 is 2.11 bits per heavy atom. The van der Waals surface area contributed by atoms with E-state index in [1.165, 1.54) is 0 Å². The fourth-order valence-electron chi connectivity index (χ4n) is 1.69. The van der Waals surface area contributed by atoms with E-state index >= 15 is 0 Å². The standard InChI is InChI=1S/C13H18N2O3/c1-8-4-3-5-10(11(8)13(17)18)15-12(16)9(2)6-7-14/h3-5,9H,6-7,14H2,1-2H3,(H,15,16)(H,17,18). The van der Waals surface area contributed by atoms with Gasteiger partial charge in [0.1, 0.15) is 0 Å². The predicted molar refractivity (Wildman–Crippen MR) is 69.6 cm³/mol. The molecule has 0 radical (unpaired) electrons. The molecule has 1 aromatic carbocycles. The number of amides is 1. The zero-order chi connectivity index (χ0) is 13.7. The average Bonchev–Trinajstić information content (AvgIpc) is 2.28. The second-order valence-corrected chi connectivity index (χ2v) is 4.27. The lowest BCUT2D eigenvalue weighted by atomic mass is 10.0. The summed E-state index contributed by atoms with van der Waals surface area (Å²) >= 11 is 0. The van der Waals surface area contributed by atoms with Crippen molar-refractivity contribution in [3.8, 4) is 0 Å². The van der Waals surface area contributed by atoms with Crippen molar-refractivity contribution in [2.24, 2.45) is 11.7 Å². The Balaban J connectivity index is 2.94. The SMILES string of the molecule is Cc1cccc(NC(=O)C(C)CCN)c1C(=O)O. The molecule has 4 N–H and O–H groups in total. The average molecular weight is 250 g/mol. The van der Waals surface area contributed by atoms with Crippen LogP contribution in [0.15, 0.2) is 18.2 Å². The number of nitrogens with one attached hydrogen (secondary N) is 1. The predicted octanol–water partition coefficient (Wildman–Crippen LogP) is 1.62. The summed E-state index contributed by atoms with van der Waals surface area (Å²) < 4.78 is 0. The lowest BCUT2D eigenvalue weighted by Gasteiger charge is -2.14. The lowest BCUT2D eigenvalue weighted by molar-refractivity contribution is -0.119. The minimum Gasteiger partial charge on any atom is -0.478 e. The van der Waals surface area contributed by atoms with Gasteiger partial charge in [-0.2, -0.15) is 0 Å². The van der Waals surface area contributed by atoms with Gasteiger partial charge in [-0.05, 0) is 31.5 Å². The first kappa shape index (κ1) is 14.2. The van der Waals surface area contributed by atoms with Crippen molar-refractivity contribution >= 4 is 17.6 Å². The molecule has 0 aliphatic rings. The van der Waals surface area contributed by atoms with Gasteiger partial charge < -0.3 is 16.2 Å². The summed E-state index contributed by atoms with van der Waals surface area (Å²) in [6, 6.07) is 5.00. The maximum Gasteiger partial charge on any atom is 0.338 e. The Labute approximate surface area is 106 Å². The maximum atomic E-state index is 11.8. The Hall–Kier alpha value is -1.88. The molecule has 0 aromatic heterocycles. The highest BCUT2D eigenvalue weighted by molar-refractivity contribution is 6.02. The third kappa shape index (κ3) is 3.30. The smallest absolute Gasteiger partial charge is 0.338 e. The van der Waals surface area contributed by atoms with Crippen molar-refractivity contribution in [2.45, 2.75) is 20.3 Å². The largest absolute Gasteiger partial charge is 0.478 e. The first-order valence-corrected chi connectivity index (χ1v) is 5.81. The van der Waals surface area contributed by atoms with Gasteiger partial charge in [-0.3, -0.25) is 4.79 Å². The van der Waals surface area contributed by atoms with Crippen LogP contribution in [0, 0.1) is 12.8 Å². The molecule has 0 aliphatic carbocycles. The van der Waals surface area contributed by atoms with Gasteiger partial charge in [-0.1, -0.05) is 19.1 Å². The van der Waals surface area contributed by atoms with Crippen LogP contribution in [0.3, 0.4) is 0 Å². The van der Waals surface area contributed by atoms with Crippen LogP contribution in [0.1, 0.15) is 29.3 Å². The number of hydrogen-bond acceptors (Lipinski definition) is 3. The number of carboxylic acid groups (broad SMARTS) is 1. The molecule has 98 valence electrons. The van der Waals surface area contributed by atoms with Gasteiger partial charge in [0.15, 0.2) is 0 Å². The number of carbonyl (C=O) groups is 2. The van der Waals surface area contributed by atoms with Crippen LogP contribution >= 0.6 is 0 Å². The van der Waals surface area contributed by atoms with Crippen LogP contribution in [-0.4, -0.2) is 23.5 Å². The minimum absolute atomic E-state index is 0.130. The van der Waals surface area contributed by atoms with Gasteiger partial charge >= 0.3 is 5.97 Å². The van der Waals surface area contributed by atoms with E-state index in [1.54, 1.807) is 32.0 Å². The van der Waals surface area contributed by atoms with E-state index in [4.69, 9.17) is 10.8 Å². The number of anilines is 1. The van der Waals surface area contributed by atoms with Crippen molar-refractivity contribution in [1.29, 1.82) is 0 Å². The Kier molecular flexibility index (Phi) is 4.85. The summed E-state index contributed by atoms with van der Waals surface area (Å²) in [6.45, 7) is 3.88. The normalized spacial score (nSPS) is 11.9. The Bertz CT molecular complexity index is 458. The molecule has 0 bridgehead atoms. The molecule has 0 aliphatic heterocycles. The van der Waals surface area contributed by atoms with Crippen LogP contribution < -0.4 is 11.1 Å². The van der Waals surface area contributed by atoms with Crippen LogP contribution in [-0.2, 0) is 4.79 Å². The summed E-state index contributed by atoms with van der Waals surface area (Å²) in [4.78, 5) is 23.0. The van der Waals surface area contributed by atoms with E-state index in [0.717, 1.165) is 0 Å². The number of hydrogen-bond donors (Lipinski definition) is 3. The van der Waals surface area contributed by atoms with Gasteiger partial charge in [-0.25, -0.2) is 4.79 Å². The number of carbonyl (C=O) groups excluding carboxylic acids is 1. The summed E-state index contributed by atoms with van der Waals surface area (Å²) in [5.41, 5.74) is 6.47. The van der Waals surface area contributed by atoms with Crippen LogP contribution in [0.2, 0.25) is 0 Å². The Morgan fingerprint density at radius 1 is 1.44 bits per heavy atom. The monoisotopic (exact) mass is 250 g/mol. The summed E-state index contributed by atoms with van der Waals surface area (Å²) in [5.74, 6) is -1.50. The zero-order valence-electron chi connectivity index (χ0n) is 10.6. The molecule has 0 fully saturated rings. The van der Waals surface area contributed by atoms with Gasteiger partial charge in [0.2, 0.25) is 5.91 Å². The van der Waals surface area contributed by atoms with Gasteiger partial charge in [-0.15, -0.1) is 0 Å². The van der Waals surface area contributed by atoms with Crippen molar-refractivity contribution in [1.82, 2.24) is 0 Å². The zero-order valence-corrected chi connectivity index (χ0v) is 10.6. The van der Waals surface area contributed by atoms with E-state index < -0.39 is 5.97 Å². The summed E-state index contributed by atoms with van der Waals surface area (Å²) in [6.07, 6.45) is 0.569. The molecular weight excluding hydrogens is 232 g/mol. The highest BCUT2D eigenvalue weighted by Gasteiger charge is 2.17. The molecule has 0 saturated carbocycles. The lowest BCUT2D eigenvalue weighted by Crippen LogP contribution is -2.24. The first-order valence-electron chi connectivity index (χ1n) is 5.81. The quantitative estimate of drug-likeness (QED) is 0.740. The molecule has 1 atom stereocenters. The molecule has 18 heavy (non-hydrogen) atoms. The van der Waals surface area contributed by atoms with E-state index in [-0.39, 0.29) is 17.4 Å². The number of carboxylic acids is 1. The van der Waals surface area contributed by atoms with Crippen molar-refractivity contribution in [3.63, 3.8) is 0 Å². The molecule has 1 rings (SSSR count). The fourth-order valence-corrected chi connectivity index (χ4v) is 1.69. The fraction of sp³-hybridized carbons (Fsp3) is 0.385. The molecular formula is C13H18N2O3. The molecule has 1 unspecified atom stereocenters. The molecule has 5 heteroatoms. The molecule has 1 amide bonds. The van der Waals surface area contributed by atoms with Crippen LogP contribution in [0.5, 0.6) is 0 Å². The van der Waals surface area contributed by atoms with Crippen molar-refractivity contribution in [2.75, 3.05) is 11.9 Å². The van der Waals surface area contributed by atoms with Crippen LogP contribution in [0.25, 0.3) is 0 Å². The molecule has 0 heterocycles. The molecule has 5 nitrogen and oxygen atoms in total. The molecule has 0 saturated heterocycles. The van der Waals surface area contributed by atoms with Crippen LogP contribution in [0.4, 0.5) is 5.69 Å². The third-order valence-electron chi connectivity index (χ3n) is 2.79. The third-order valence-corrected chi connectivity index (χ3v) is 2.79.